The van der Waals surface area contributed by atoms with E-state index in [4.69, 9.17) is 4.74 Å². The molecule has 2 N–H and O–H groups in total. The average Bonchev–Trinajstić information content (AvgIpc) is 2.59. The highest BCUT2D eigenvalue weighted by Gasteiger charge is 2.06. The SMILES string of the molecule is COc1ccc(C)cc1Nc1ccnc(Nc2ccc(Br)c(C)c2)n1. The lowest BCUT2D eigenvalue weighted by Crippen LogP contribution is -2.01. The third kappa shape index (κ3) is 4.28. The number of halogens is 1. The Kier molecular flexibility index (Phi) is 5.19. The first kappa shape index (κ1) is 17.2. The molecular formula is C19H19BrN4O. The summed E-state index contributed by atoms with van der Waals surface area (Å²) in [5, 5.41) is 6.51. The van der Waals surface area contributed by atoms with Crippen LogP contribution >= 0.6 is 15.9 Å². The highest BCUT2D eigenvalue weighted by molar-refractivity contribution is 9.10. The van der Waals surface area contributed by atoms with E-state index in [0.717, 1.165) is 32.7 Å². The fraction of sp³-hybridized carbons (Fsp3) is 0.158. The third-order valence-corrected chi connectivity index (χ3v) is 4.58. The number of nitrogens with zero attached hydrogens (tertiary/aromatic N) is 2. The molecule has 3 aromatic rings. The largest absolute Gasteiger partial charge is 0.495 e. The van der Waals surface area contributed by atoms with Crippen molar-refractivity contribution in [2.75, 3.05) is 17.7 Å². The lowest BCUT2D eigenvalue weighted by Gasteiger charge is -2.12. The van der Waals surface area contributed by atoms with Gasteiger partial charge < -0.3 is 15.4 Å². The van der Waals surface area contributed by atoms with Crippen molar-refractivity contribution >= 4 is 39.1 Å². The van der Waals surface area contributed by atoms with Gasteiger partial charge in [0.2, 0.25) is 5.95 Å². The van der Waals surface area contributed by atoms with E-state index in [2.05, 4.69) is 36.5 Å². The Morgan fingerprint density at radius 1 is 1.00 bits per heavy atom. The standard InChI is InChI=1S/C19H19BrN4O/c1-12-4-7-17(25-3)16(10-12)23-18-8-9-21-19(24-18)22-14-5-6-15(20)13(2)11-14/h4-11H,1-3H3,(H2,21,22,23,24). The Hall–Kier alpha value is -2.60. The number of aryl methyl sites for hydroxylation is 2. The van der Waals surface area contributed by atoms with E-state index in [-0.39, 0.29) is 0 Å². The summed E-state index contributed by atoms with van der Waals surface area (Å²) in [7, 11) is 1.65. The van der Waals surface area contributed by atoms with Gasteiger partial charge in [0.1, 0.15) is 11.6 Å². The summed E-state index contributed by atoms with van der Waals surface area (Å²) < 4.78 is 6.47. The second-order valence-corrected chi connectivity index (χ2v) is 6.54. The van der Waals surface area contributed by atoms with Crippen molar-refractivity contribution < 1.29 is 4.74 Å². The van der Waals surface area contributed by atoms with Gasteiger partial charge in [-0.25, -0.2) is 4.98 Å². The molecule has 0 radical (unpaired) electrons. The lowest BCUT2D eigenvalue weighted by atomic mass is 10.2. The van der Waals surface area contributed by atoms with E-state index in [9.17, 15) is 0 Å². The number of anilines is 4. The van der Waals surface area contributed by atoms with E-state index in [1.54, 1.807) is 13.3 Å². The maximum absolute atomic E-state index is 5.40. The fourth-order valence-corrected chi connectivity index (χ4v) is 2.64. The molecule has 0 saturated carbocycles. The molecule has 1 heterocycles. The minimum Gasteiger partial charge on any atom is -0.495 e. The van der Waals surface area contributed by atoms with Gasteiger partial charge in [0.15, 0.2) is 0 Å². The number of nitrogens with one attached hydrogen (secondary N) is 2. The van der Waals surface area contributed by atoms with Gasteiger partial charge in [-0.1, -0.05) is 22.0 Å². The quantitative estimate of drug-likeness (QED) is 0.606. The van der Waals surface area contributed by atoms with Crippen LogP contribution in [0, 0.1) is 13.8 Å². The molecule has 0 atom stereocenters. The minimum absolute atomic E-state index is 0.526. The van der Waals surface area contributed by atoms with Gasteiger partial charge in [-0.15, -0.1) is 0 Å². The molecule has 3 rings (SSSR count). The number of ether oxygens (including phenoxy) is 1. The van der Waals surface area contributed by atoms with Crippen molar-refractivity contribution in [3.8, 4) is 5.75 Å². The first-order chi connectivity index (χ1) is 12.0. The smallest absolute Gasteiger partial charge is 0.229 e. The van der Waals surface area contributed by atoms with Crippen molar-refractivity contribution in [3.63, 3.8) is 0 Å². The van der Waals surface area contributed by atoms with Crippen LogP contribution < -0.4 is 15.4 Å². The summed E-state index contributed by atoms with van der Waals surface area (Å²) >= 11 is 3.50. The van der Waals surface area contributed by atoms with Crippen LogP contribution in [-0.4, -0.2) is 17.1 Å². The number of benzene rings is 2. The molecule has 0 aliphatic heterocycles. The number of aromatic nitrogens is 2. The van der Waals surface area contributed by atoms with Gasteiger partial charge in [-0.05, 0) is 61.4 Å². The van der Waals surface area contributed by atoms with Crippen LogP contribution in [0.5, 0.6) is 5.75 Å². The molecule has 1 aromatic heterocycles. The Bertz CT molecular complexity index is 898. The molecule has 25 heavy (non-hydrogen) atoms. The molecule has 2 aromatic carbocycles. The summed E-state index contributed by atoms with van der Waals surface area (Å²) in [6.45, 7) is 4.07. The summed E-state index contributed by atoms with van der Waals surface area (Å²) in [5.41, 5.74) is 4.09. The van der Waals surface area contributed by atoms with Gasteiger partial charge in [0.05, 0.1) is 12.8 Å². The lowest BCUT2D eigenvalue weighted by molar-refractivity contribution is 0.416. The molecule has 0 aliphatic rings. The van der Waals surface area contributed by atoms with Crippen molar-refractivity contribution in [1.82, 2.24) is 9.97 Å². The molecule has 6 heteroatoms. The van der Waals surface area contributed by atoms with Crippen LogP contribution in [0.25, 0.3) is 0 Å². The zero-order valence-corrected chi connectivity index (χ0v) is 15.9. The number of hydrogen-bond donors (Lipinski definition) is 2. The summed E-state index contributed by atoms with van der Waals surface area (Å²) in [6.07, 6.45) is 1.71. The number of rotatable bonds is 5. The zero-order chi connectivity index (χ0) is 17.8. The summed E-state index contributed by atoms with van der Waals surface area (Å²) in [4.78, 5) is 8.80. The molecule has 0 spiro atoms. The molecule has 0 amide bonds. The van der Waals surface area contributed by atoms with Gasteiger partial charge in [0.25, 0.3) is 0 Å². The highest BCUT2D eigenvalue weighted by Crippen LogP contribution is 2.28. The maximum atomic E-state index is 5.40. The molecule has 0 fully saturated rings. The van der Waals surface area contributed by atoms with Gasteiger partial charge >= 0.3 is 0 Å². The van der Waals surface area contributed by atoms with Gasteiger partial charge in [-0.3, -0.25) is 0 Å². The Balaban J connectivity index is 1.82. The Labute approximate surface area is 155 Å². The van der Waals surface area contributed by atoms with E-state index >= 15 is 0 Å². The highest BCUT2D eigenvalue weighted by atomic mass is 79.9. The molecule has 0 unspecified atom stereocenters. The molecule has 0 saturated heterocycles. The second-order valence-electron chi connectivity index (χ2n) is 5.68. The molecular weight excluding hydrogens is 380 g/mol. The van der Waals surface area contributed by atoms with Crippen LogP contribution in [0.3, 0.4) is 0 Å². The second kappa shape index (κ2) is 7.53. The molecule has 0 aliphatic carbocycles. The Morgan fingerprint density at radius 3 is 2.60 bits per heavy atom. The molecule has 128 valence electrons. The monoisotopic (exact) mass is 398 g/mol. The molecule has 0 bridgehead atoms. The van der Waals surface area contributed by atoms with E-state index in [1.807, 2.05) is 56.3 Å². The normalized spacial score (nSPS) is 10.4. The van der Waals surface area contributed by atoms with Crippen molar-refractivity contribution in [2.45, 2.75) is 13.8 Å². The van der Waals surface area contributed by atoms with Crippen LogP contribution in [0.2, 0.25) is 0 Å². The maximum Gasteiger partial charge on any atom is 0.229 e. The topological polar surface area (TPSA) is 59.1 Å². The van der Waals surface area contributed by atoms with E-state index in [0.29, 0.717) is 11.8 Å². The summed E-state index contributed by atoms with van der Waals surface area (Å²) in [5.74, 6) is 1.98. The average molecular weight is 399 g/mol. The summed E-state index contributed by atoms with van der Waals surface area (Å²) in [6, 6.07) is 13.8. The third-order valence-electron chi connectivity index (χ3n) is 3.69. The van der Waals surface area contributed by atoms with Gasteiger partial charge in [0, 0.05) is 16.4 Å². The van der Waals surface area contributed by atoms with Crippen molar-refractivity contribution in [2.24, 2.45) is 0 Å². The van der Waals surface area contributed by atoms with Crippen LogP contribution in [-0.2, 0) is 0 Å². The zero-order valence-electron chi connectivity index (χ0n) is 14.3. The molecule has 5 nitrogen and oxygen atoms in total. The van der Waals surface area contributed by atoms with E-state index < -0.39 is 0 Å². The van der Waals surface area contributed by atoms with Crippen LogP contribution in [0.1, 0.15) is 11.1 Å². The first-order valence-electron chi connectivity index (χ1n) is 7.83. The van der Waals surface area contributed by atoms with Crippen molar-refractivity contribution in [3.05, 3.63) is 64.3 Å². The van der Waals surface area contributed by atoms with Gasteiger partial charge in [-0.2, -0.15) is 4.98 Å². The predicted octanol–water partition coefficient (Wildman–Crippen LogP) is 5.35. The van der Waals surface area contributed by atoms with Crippen molar-refractivity contribution in [1.29, 1.82) is 0 Å². The van der Waals surface area contributed by atoms with Crippen LogP contribution in [0.15, 0.2) is 53.1 Å². The number of hydrogen-bond acceptors (Lipinski definition) is 5. The fourth-order valence-electron chi connectivity index (χ4n) is 2.40. The Morgan fingerprint density at radius 2 is 1.84 bits per heavy atom. The van der Waals surface area contributed by atoms with E-state index in [1.165, 1.54) is 0 Å². The van der Waals surface area contributed by atoms with Crippen LogP contribution in [0.4, 0.5) is 23.1 Å². The first-order valence-corrected chi connectivity index (χ1v) is 8.62. The predicted molar refractivity (Wildman–Crippen MR) is 105 cm³/mol. The minimum atomic E-state index is 0.526. The number of methoxy groups -OCH3 is 1.